The van der Waals surface area contributed by atoms with Crippen LogP contribution in [0.2, 0.25) is 0 Å². The summed E-state index contributed by atoms with van der Waals surface area (Å²) in [6, 6.07) is 3.40. The highest BCUT2D eigenvalue weighted by molar-refractivity contribution is 5.45. The van der Waals surface area contributed by atoms with Crippen molar-refractivity contribution in [3.63, 3.8) is 0 Å². The number of aryl methyl sites for hydroxylation is 1. The SMILES string of the molecule is CCNC1COc2c(F)ccc(C)c21. The van der Waals surface area contributed by atoms with E-state index in [4.69, 9.17) is 4.74 Å². The van der Waals surface area contributed by atoms with Gasteiger partial charge in [-0.15, -0.1) is 0 Å². The van der Waals surface area contributed by atoms with E-state index in [1.165, 1.54) is 6.07 Å². The molecule has 2 rings (SSSR count). The van der Waals surface area contributed by atoms with Crippen molar-refractivity contribution in [1.82, 2.24) is 5.32 Å². The van der Waals surface area contributed by atoms with Crippen LogP contribution in [0.1, 0.15) is 24.1 Å². The van der Waals surface area contributed by atoms with Gasteiger partial charge in [-0.2, -0.15) is 0 Å². The topological polar surface area (TPSA) is 21.3 Å². The van der Waals surface area contributed by atoms with Crippen LogP contribution < -0.4 is 10.1 Å². The molecule has 1 aliphatic heterocycles. The Kier molecular flexibility index (Phi) is 2.42. The Balaban J connectivity index is 2.42. The van der Waals surface area contributed by atoms with Crippen LogP contribution in [0.3, 0.4) is 0 Å². The molecule has 0 aliphatic carbocycles. The quantitative estimate of drug-likeness (QED) is 0.781. The Morgan fingerprint density at radius 1 is 1.57 bits per heavy atom. The highest BCUT2D eigenvalue weighted by Crippen LogP contribution is 2.36. The zero-order valence-corrected chi connectivity index (χ0v) is 8.43. The number of likely N-dealkylation sites (N-methyl/N-ethyl adjacent to an activating group) is 1. The van der Waals surface area contributed by atoms with Gasteiger partial charge in [0.2, 0.25) is 0 Å². The highest BCUT2D eigenvalue weighted by atomic mass is 19.1. The lowest BCUT2D eigenvalue weighted by molar-refractivity contribution is 0.302. The van der Waals surface area contributed by atoms with E-state index in [0.717, 1.165) is 17.7 Å². The molecule has 1 unspecified atom stereocenters. The van der Waals surface area contributed by atoms with Crippen LogP contribution >= 0.6 is 0 Å². The van der Waals surface area contributed by atoms with E-state index in [2.05, 4.69) is 5.32 Å². The summed E-state index contributed by atoms with van der Waals surface area (Å²) in [5.74, 6) is 0.168. The summed E-state index contributed by atoms with van der Waals surface area (Å²) >= 11 is 0. The molecule has 76 valence electrons. The molecule has 0 amide bonds. The van der Waals surface area contributed by atoms with Crippen molar-refractivity contribution in [3.8, 4) is 5.75 Å². The summed E-state index contributed by atoms with van der Waals surface area (Å²) in [5, 5.41) is 3.28. The van der Waals surface area contributed by atoms with Crippen LogP contribution in [0.4, 0.5) is 4.39 Å². The van der Waals surface area contributed by atoms with E-state index in [0.29, 0.717) is 12.4 Å². The summed E-state index contributed by atoms with van der Waals surface area (Å²) in [7, 11) is 0. The molecule has 1 aliphatic rings. The molecule has 0 aromatic heterocycles. The molecule has 14 heavy (non-hydrogen) atoms. The third kappa shape index (κ3) is 1.38. The van der Waals surface area contributed by atoms with Gasteiger partial charge >= 0.3 is 0 Å². The van der Waals surface area contributed by atoms with Crippen molar-refractivity contribution in [2.24, 2.45) is 0 Å². The first-order chi connectivity index (χ1) is 6.74. The predicted molar refractivity (Wildman–Crippen MR) is 53.0 cm³/mol. The van der Waals surface area contributed by atoms with Crippen LogP contribution in [-0.2, 0) is 0 Å². The standard InChI is InChI=1S/C11H14FNO/c1-3-13-9-6-14-11-8(12)5-4-7(2)10(9)11/h4-5,9,13H,3,6H2,1-2H3. The number of benzene rings is 1. The minimum atomic E-state index is -0.258. The van der Waals surface area contributed by atoms with Crippen molar-refractivity contribution in [2.45, 2.75) is 19.9 Å². The fraction of sp³-hybridized carbons (Fsp3) is 0.455. The van der Waals surface area contributed by atoms with E-state index < -0.39 is 0 Å². The number of ether oxygens (including phenoxy) is 1. The zero-order valence-electron chi connectivity index (χ0n) is 8.43. The van der Waals surface area contributed by atoms with Gasteiger partial charge in [0.15, 0.2) is 11.6 Å². The number of nitrogens with one attached hydrogen (secondary N) is 1. The molecule has 0 bridgehead atoms. The Hall–Kier alpha value is -1.09. The van der Waals surface area contributed by atoms with Gasteiger partial charge in [-0.05, 0) is 25.1 Å². The molecule has 0 fully saturated rings. The van der Waals surface area contributed by atoms with Gasteiger partial charge in [-0.1, -0.05) is 13.0 Å². The highest BCUT2D eigenvalue weighted by Gasteiger charge is 2.27. The maximum absolute atomic E-state index is 13.3. The maximum atomic E-state index is 13.3. The smallest absolute Gasteiger partial charge is 0.165 e. The Morgan fingerprint density at radius 3 is 3.07 bits per heavy atom. The van der Waals surface area contributed by atoms with E-state index in [-0.39, 0.29) is 11.9 Å². The third-order valence-electron chi connectivity index (χ3n) is 2.56. The fourth-order valence-electron chi connectivity index (χ4n) is 1.91. The molecule has 2 nitrogen and oxygen atoms in total. The number of rotatable bonds is 2. The van der Waals surface area contributed by atoms with E-state index in [1.54, 1.807) is 6.07 Å². The monoisotopic (exact) mass is 195 g/mol. The van der Waals surface area contributed by atoms with Gasteiger partial charge < -0.3 is 10.1 Å². The van der Waals surface area contributed by atoms with Crippen LogP contribution in [0, 0.1) is 12.7 Å². The number of hydrogen-bond acceptors (Lipinski definition) is 2. The molecule has 1 N–H and O–H groups in total. The van der Waals surface area contributed by atoms with Crippen molar-refractivity contribution in [3.05, 3.63) is 29.1 Å². The lowest BCUT2D eigenvalue weighted by Crippen LogP contribution is -2.22. The zero-order chi connectivity index (χ0) is 10.1. The molecule has 0 saturated carbocycles. The minimum absolute atomic E-state index is 0.144. The van der Waals surface area contributed by atoms with Gasteiger partial charge in [0.05, 0.1) is 6.04 Å². The molecule has 1 atom stereocenters. The van der Waals surface area contributed by atoms with Gasteiger partial charge in [0.25, 0.3) is 0 Å². The van der Waals surface area contributed by atoms with Crippen LogP contribution in [0.25, 0.3) is 0 Å². The Bertz CT molecular complexity index is 351. The van der Waals surface area contributed by atoms with Crippen LogP contribution in [0.15, 0.2) is 12.1 Å². The second kappa shape index (κ2) is 3.58. The van der Waals surface area contributed by atoms with E-state index in [1.807, 2.05) is 13.8 Å². The second-order valence-electron chi connectivity index (χ2n) is 3.53. The van der Waals surface area contributed by atoms with Crippen molar-refractivity contribution < 1.29 is 9.13 Å². The lowest BCUT2D eigenvalue weighted by atomic mass is 10.0. The van der Waals surface area contributed by atoms with Crippen LogP contribution in [0.5, 0.6) is 5.75 Å². The number of fused-ring (bicyclic) bond motifs is 1. The first-order valence-corrected chi connectivity index (χ1v) is 4.89. The first kappa shape index (κ1) is 9.46. The molecule has 1 heterocycles. The van der Waals surface area contributed by atoms with Crippen molar-refractivity contribution in [2.75, 3.05) is 13.2 Å². The van der Waals surface area contributed by atoms with Crippen LogP contribution in [-0.4, -0.2) is 13.2 Å². The van der Waals surface area contributed by atoms with E-state index in [9.17, 15) is 4.39 Å². The number of hydrogen-bond donors (Lipinski definition) is 1. The summed E-state index contributed by atoms with van der Waals surface area (Å²) in [6.07, 6.45) is 0. The van der Waals surface area contributed by atoms with Gasteiger partial charge in [0, 0.05) is 5.56 Å². The lowest BCUT2D eigenvalue weighted by Gasteiger charge is -2.11. The Morgan fingerprint density at radius 2 is 2.36 bits per heavy atom. The van der Waals surface area contributed by atoms with E-state index >= 15 is 0 Å². The normalized spacial score (nSPS) is 19.2. The van der Waals surface area contributed by atoms with Crippen molar-refractivity contribution in [1.29, 1.82) is 0 Å². The summed E-state index contributed by atoms with van der Waals surface area (Å²) in [6.45, 7) is 5.41. The summed E-state index contributed by atoms with van der Waals surface area (Å²) in [4.78, 5) is 0. The molecule has 0 saturated heterocycles. The second-order valence-corrected chi connectivity index (χ2v) is 3.53. The molecular weight excluding hydrogens is 181 g/mol. The van der Waals surface area contributed by atoms with Gasteiger partial charge in [0.1, 0.15) is 6.61 Å². The number of halogens is 1. The largest absolute Gasteiger partial charge is 0.488 e. The molecule has 1 aromatic carbocycles. The fourth-order valence-corrected chi connectivity index (χ4v) is 1.91. The third-order valence-corrected chi connectivity index (χ3v) is 2.56. The van der Waals surface area contributed by atoms with Gasteiger partial charge in [-0.25, -0.2) is 4.39 Å². The predicted octanol–water partition coefficient (Wildman–Crippen LogP) is 2.18. The maximum Gasteiger partial charge on any atom is 0.165 e. The van der Waals surface area contributed by atoms with Gasteiger partial charge in [-0.3, -0.25) is 0 Å². The molecule has 0 radical (unpaired) electrons. The average Bonchev–Trinajstić information content (AvgIpc) is 2.58. The minimum Gasteiger partial charge on any atom is -0.488 e. The first-order valence-electron chi connectivity index (χ1n) is 4.89. The summed E-state index contributed by atoms with van der Waals surface area (Å²) in [5.41, 5.74) is 2.07. The average molecular weight is 195 g/mol. The molecule has 1 aromatic rings. The molecule has 3 heteroatoms. The summed E-state index contributed by atoms with van der Waals surface area (Å²) < 4.78 is 18.7. The Labute approximate surface area is 83.1 Å². The molecule has 0 spiro atoms. The molecular formula is C11H14FNO. The van der Waals surface area contributed by atoms with Crippen molar-refractivity contribution >= 4 is 0 Å².